The van der Waals surface area contributed by atoms with E-state index in [9.17, 15) is 27.6 Å². The van der Waals surface area contributed by atoms with Gasteiger partial charge in [0.15, 0.2) is 0 Å². The van der Waals surface area contributed by atoms with Gasteiger partial charge in [0.2, 0.25) is 11.8 Å². The highest BCUT2D eigenvalue weighted by Crippen LogP contribution is 2.47. The molecule has 1 aliphatic heterocycles. The van der Waals surface area contributed by atoms with Crippen molar-refractivity contribution in [2.75, 3.05) is 13.7 Å². The summed E-state index contributed by atoms with van der Waals surface area (Å²) in [6.07, 6.45) is 2.30. The van der Waals surface area contributed by atoms with E-state index in [2.05, 4.69) is 33.5 Å². The van der Waals surface area contributed by atoms with Gasteiger partial charge in [-0.15, -0.1) is 0 Å². The van der Waals surface area contributed by atoms with Crippen LogP contribution in [-0.2, 0) is 38.2 Å². The highest BCUT2D eigenvalue weighted by Gasteiger charge is 2.62. The Morgan fingerprint density at radius 3 is 2.33 bits per heavy atom. The number of nitrogens with one attached hydrogen (secondary N) is 2. The lowest BCUT2D eigenvalue weighted by atomic mass is 9.85. The molecule has 2 N–H and O–H groups in total. The topological polar surface area (TPSA) is 157 Å². The Morgan fingerprint density at radius 1 is 1.09 bits per heavy atom. The lowest BCUT2D eigenvalue weighted by Gasteiger charge is -2.36. The average molecular weight is 729 g/mol. The van der Waals surface area contributed by atoms with Gasteiger partial charge in [0.05, 0.1) is 18.1 Å². The summed E-state index contributed by atoms with van der Waals surface area (Å²) in [6, 6.07) is 3.61. The SMILES string of the molecule is CC[C@@H]1C[C@]1(NC(=O)[C@@H]1C[C@H](OS(=O)(=O)c2ccc(Br)cc2)CN1C(=O)[C@@H](NC(=O)O[C@@H]1CCC[C@@H](C)C1)C(C)(C)C)C(=O)OC. The van der Waals surface area contributed by atoms with Gasteiger partial charge in [-0.1, -0.05) is 63.4 Å². The van der Waals surface area contributed by atoms with Crippen LogP contribution in [0.5, 0.6) is 0 Å². The fourth-order valence-corrected chi connectivity index (χ4v) is 7.90. The Bertz CT molecular complexity index is 1410. The molecule has 0 bridgehead atoms. The van der Waals surface area contributed by atoms with E-state index in [1.807, 2.05) is 6.92 Å². The van der Waals surface area contributed by atoms with Crippen molar-refractivity contribution >= 4 is 49.9 Å². The minimum atomic E-state index is -4.25. The van der Waals surface area contributed by atoms with E-state index >= 15 is 0 Å². The van der Waals surface area contributed by atoms with Crippen molar-refractivity contribution in [3.63, 3.8) is 0 Å². The number of rotatable bonds is 10. The predicted molar refractivity (Wildman–Crippen MR) is 172 cm³/mol. The number of halogens is 1. The first-order chi connectivity index (χ1) is 21.5. The number of likely N-dealkylation sites (tertiary alicyclic amines) is 1. The number of methoxy groups -OCH3 is 1. The van der Waals surface area contributed by atoms with E-state index in [0.717, 1.165) is 25.7 Å². The quantitative estimate of drug-likeness (QED) is 0.265. The molecule has 0 radical (unpaired) electrons. The highest BCUT2D eigenvalue weighted by atomic mass is 79.9. The summed E-state index contributed by atoms with van der Waals surface area (Å²) < 4.78 is 43.3. The van der Waals surface area contributed by atoms with Crippen molar-refractivity contribution in [2.24, 2.45) is 17.3 Å². The zero-order valence-corrected chi connectivity index (χ0v) is 29.7. The van der Waals surface area contributed by atoms with E-state index in [-0.39, 0.29) is 29.9 Å². The molecule has 2 aliphatic carbocycles. The molecular formula is C32H46BrN3O9S. The van der Waals surface area contributed by atoms with Crippen LogP contribution >= 0.6 is 15.9 Å². The molecular weight excluding hydrogens is 682 g/mol. The van der Waals surface area contributed by atoms with Crippen molar-refractivity contribution in [3.8, 4) is 0 Å². The third-order valence-corrected chi connectivity index (χ3v) is 11.1. The first-order valence-corrected chi connectivity index (χ1v) is 18.1. The first-order valence-electron chi connectivity index (χ1n) is 15.9. The maximum absolute atomic E-state index is 14.3. The molecule has 7 atom stereocenters. The van der Waals surface area contributed by atoms with Crippen molar-refractivity contribution in [1.82, 2.24) is 15.5 Å². The highest BCUT2D eigenvalue weighted by molar-refractivity contribution is 9.10. The van der Waals surface area contributed by atoms with E-state index in [4.69, 9.17) is 13.7 Å². The van der Waals surface area contributed by atoms with Crippen molar-refractivity contribution in [3.05, 3.63) is 28.7 Å². The number of carbonyl (C=O) groups excluding carboxylic acids is 4. The molecule has 3 fully saturated rings. The van der Waals surface area contributed by atoms with Gasteiger partial charge in [-0.05, 0) is 67.2 Å². The van der Waals surface area contributed by atoms with Crippen LogP contribution in [-0.4, -0.2) is 80.7 Å². The molecule has 0 aromatic heterocycles. The Kier molecular flexibility index (Phi) is 11.1. The second kappa shape index (κ2) is 14.2. The standard InChI is InChI=1S/C32H46BrN3O9S/c1-7-20-17-32(20,29(39)43-6)35-27(37)25-16-23(45-46(41,42)24-13-11-21(33)12-14-24)18-36(25)28(38)26(31(3,4)5)34-30(40)44-22-10-8-9-19(2)15-22/h11-14,19-20,22-23,25-26H,7-10,15-18H2,1-6H3,(H,34,40)(H,35,37)/t19-,20-,22-,23+,25+,26-,32-/m1/s1. The minimum Gasteiger partial charge on any atom is -0.467 e. The van der Waals surface area contributed by atoms with Crippen LogP contribution in [0.1, 0.15) is 79.6 Å². The maximum Gasteiger partial charge on any atom is 0.408 e. The largest absolute Gasteiger partial charge is 0.467 e. The molecule has 46 heavy (non-hydrogen) atoms. The Hall–Kier alpha value is -2.71. The van der Waals surface area contributed by atoms with Gasteiger partial charge in [0.25, 0.3) is 10.1 Å². The molecule has 1 heterocycles. The summed E-state index contributed by atoms with van der Waals surface area (Å²) >= 11 is 3.28. The Balaban J connectivity index is 1.59. The second-order valence-electron chi connectivity index (χ2n) is 13.9. The molecule has 4 rings (SSSR count). The van der Waals surface area contributed by atoms with Crippen molar-refractivity contribution in [2.45, 2.75) is 114 Å². The molecule has 14 heteroatoms. The normalized spacial score (nSPS) is 28.6. The third kappa shape index (κ3) is 8.22. The molecule has 3 amide bonds. The lowest BCUT2D eigenvalue weighted by Crippen LogP contribution is -2.59. The molecule has 256 valence electrons. The molecule has 3 aliphatic rings. The molecule has 2 saturated carbocycles. The maximum atomic E-state index is 14.3. The van der Waals surface area contributed by atoms with Crippen LogP contribution in [0.4, 0.5) is 4.79 Å². The Morgan fingerprint density at radius 2 is 1.76 bits per heavy atom. The molecule has 1 aromatic carbocycles. The van der Waals surface area contributed by atoms with Crippen LogP contribution in [0.25, 0.3) is 0 Å². The van der Waals surface area contributed by atoms with Gasteiger partial charge in [-0.3, -0.25) is 13.8 Å². The number of carbonyl (C=O) groups is 4. The van der Waals surface area contributed by atoms with E-state index < -0.39 is 63.1 Å². The van der Waals surface area contributed by atoms with Gasteiger partial charge in [0, 0.05) is 17.4 Å². The van der Waals surface area contributed by atoms with Gasteiger partial charge in [-0.2, -0.15) is 8.42 Å². The summed E-state index contributed by atoms with van der Waals surface area (Å²) in [6.45, 7) is 9.10. The van der Waals surface area contributed by atoms with E-state index in [1.54, 1.807) is 32.9 Å². The fraction of sp³-hybridized carbons (Fsp3) is 0.688. The number of amides is 3. The predicted octanol–water partition coefficient (Wildman–Crippen LogP) is 4.30. The lowest BCUT2D eigenvalue weighted by molar-refractivity contribution is -0.148. The van der Waals surface area contributed by atoms with Gasteiger partial charge in [-0.25, -0.2) is 9.59 Å². The first kappa shape index (κ1) is 36.1. The molecule has 1 aromatic rings. The van der Waals surface area contributed by atoms with Gasteiger partial charge < -0.3 is 25.0 Å². The zero-order chi connectivity index (χ0) is 34.0. The van der Waals surface area contributed by atoms with Gasteiger partial charge >= 0.3 is 12.1 Å². The molecule has 12 nitrogen and oxygen atoms in total. The molecule has 0 unspecified atom stereocenters. The number of nitrogens with zero attached hydrogens (tertiary/aromatic N) is 1. The second-order valence-corrected chi connectivity index (χ2v) is 16.4. The summed E-state index contributed by atoms with van der Waals surface area (Å²) in [5.74, 6) is -1.52. The van der Waals surface area contributed by atoms with Crippen LogP contribution < -0.4 is 10.6 Å². The number of alkyl carbamates (subject to hydrolysis) is 1. The number of hydrogen-bond donors (Lipinski definition) is 2. The molecule has 0 spiro atoms. The number of ether oxygens (including phenoxy) is 2. The zero-order valence-electron chi connectivity index (χ0n) is 27.3. The average Bonchev–Trinajstić information content (AvgIpc) is 3.54. The smallest absolute Gasteiger partial charge is 0.408 e. The number of benzene rings is 1. The van der Waals surface area contributed by atoms with Crippen LogP contribution in [0.2, 0.25) is 0 Å². The number of hydrogen-bond acceptors (Lipinski definition) is 9. The van der Waals surface area contributed by atoms with Crippen LogP contribution in [0.3, 0.4) is 0 Å². The summed E-state index contributed by atoms with van der Waals surface area (Å²) in [5, 5.41) is 5.55. The van der Waals surface area contributed by atoms with Crippen molar-refractivity contribution < 1.29 is 41.3 Å². The van der Waals surface area contributed by atoms with Crippen LogP contribution in [0, 0.1) is 17.3 Å². The van der Waals surface area contributed by atoms with Crippen LogP contribution in [0.15, 0.2) is 33.6 Å². The third-order valence-electron chi connectivity index (χ3n) is 9.24. The fourth-order valence-electron chi connectivity index (χ4n) is 6.56. The monoisotopic (exact) mass is 727 g/mol. The minimum absolute atomic E-state index is 0.0797. The van der Waals surface area contributed by atoms with E-state index in [0.29, 0.717) is 23.2 Å². The number of esters is 1. The summed E-state index contributed by atoms with van der Waals surface area (Å²) in [5.41, 5.74) is -2.03. The Labute approximate surface area is 279 Å². The molecule has 1 saturated heterocycles. The van der Waals surface area contributed by atoms with Crippen molar-refractivity contribution in [1.29, 1.82) is 0 Å². The summed E-state index contributed by atoms with van der Waals surface area (Å²) in [4.78, 5) is 55.1. The van der Waals surface area contributed by atoms with Gasteiger partial charge in [0.1, 0.15) is 23.7 Å². The van der Waals surface area contributed by atoms with E-state index in [1.165, 1.54) is 24.1 Å². The summed E-state index contributed by atoms with van der Waals surface area (Å²) in [7, 11) is -3.01.